The van der Waals surface area contributed by atoms with Gasteiger partial charge in [-0.3, -0.25) is 0 Å². The quantitative estimate of drug-likeness (QED) is 0.483. The van der Waals surface area contributed by atoms with Crippen molar-refractivity contribution in [1.82, 2.24) is 15.4 Å². The molecule has 1 aliphatic heterocycles. The molecule has 2 N–H and O–H groups in total. The molecule has 8 heteroatoms. The highest BCUT2D eigenvalue weighted by atomic mass is 35.5. The minimum absolute atomic E-state index is 0. The van der Waals surface area contributed by atoms with E-state index in [0.29, 0.717) is 0 Å². The molecule has 0 bridgehead atoms. The predicted molar refractivity (Wildman–Crippen MR) is 142 cm³/mol. The molecule has 0 unspecified atom stereocenters. The van der Waals surface area contributed by atoms with Gasteiger partial charge in [0.1, 0.15) is 5.75 Å². The molecule has 3 rings (SSSR count). The van der Waals surface area contributed by atoms with E-state index in [2.05, 4.69) is 48.3 Å². The summed E-state index contributed by atoms with van der Waals surface area (Å²) in [5.41, 5.74) is 2.97. The van der Waals surface area contributed by atoms with Crippen LogP contribution in [0.4, 0.5) is 0 Å². The summed E-state index contributed by atoms with van der Waals surface area (Å²) in [6.45, 7) is 12.6. The average Bonchev–Trinajstić information content (AvgIpc) is 3.17. The molecule has 1 saturated heterocycles. The molecule has 1 fully saturated rings. The highest BCUT2D eigenvalue weighted by molar-refractivity contribution is 5.86. The second-order valence-corrected chi connectivity index (χ2v) is 9.62. The molecule has 1 aromatic heterocycles. The van der Waals surface area contributed by atoms with E-state index in [1.807, 2.05) is 21.0 Å². The Bertz CT molecular complexity index is 791. The minimum atomic E-state index is -0.00990. The number of piperidine rings is 1. The standard InChI is InChI=1S/C23H36N2O3.C2H7N.2ClH/c1-5-14-27-21-9-7-19-20(24-28-22(19)17(21)2)8-6-18-10-12-25(13-11-18)15-23(3,4)16-26;1-3-2;;/h7,9,18,26H,5-6,8,10-16H2,1-4H3;3H,1-2H3;2*1H. The van der Waals surface area contributed by atoms with Crippen molar-refractivity contribution < 1.29 is 14.4 Å². The van der Waals surface area contributed by atoms with E-state index in [-0.39, 0.29) is 36.8 Å². The van der Waals surface area contributed by atoms with Gasteiger partial charge in [-0.1, -0.05) is 25.9 Å². The number of aliphatic hydroxyl groups is 1. The van der Waals surface area contributed by atoms with Crippen LogP contribution in [0.3, 0.4) is 0 Å². The van der Waals surface area contributed by atoms with E-state index in [0.717, 1.165) is 79.4 Å². The molecular formula is C25H45Cl2N3O3. The normalized spacial score (nSPS) is 14.8. The Hall–Kier alpha value is -1.05. The van der Waals surface area contributed by atoms with Gasteiger partial charge in [0.25, 0.3) is 0 Å². The number of hydrogen-bond acceptors (Lipinski definition) is 6. The number of aryl methyl sites for hydroxylation is 2. The van der Waals surface area contributed by atoms with Crippen LogP contribution in [0, 0.1) is 18.3 Å². The van der Waals surface area contributed by atoms with Gasteiger partial charge < -0.3 is 24.6 Å². The predicted octanol–water partition coefficient (Wildman–Crippen LogP) is 5.27. The van der Waals surface area contributed by atoms with Crippen molar-refractivity contribution in [2.45, 2.75) is 59.8 Å². The van der Waals surface area contributed by atoms with E-state index in [4.69, 9.17) is 9.26 Å². The molecule has 6 nitrogen and oxygen atoms in total. The topological polar surface area (TPSA) is 70.8 Å². The molecule has 0 aliphatic carbocycles. The van der Waals surface area contributed by atoms with Crippen molar-refractivity contribution >= 4 is 35.8 Å². The second-order valence-electron chi connectivity index (χ2n) is 9.62. The highest BCUT2D eigenvalue weighted by Crippen LogP contribution is 2.31. The Kier molecular flexibility index (Phi) is 15.3. The SMILES string of the molecule is CCCOc1ccc2c(CCC3CCN(CC(C)(C)CO)CC3)noc2c1C.CNC.Cl.Cl. The summed E-state index contributed by atoms with van der Waals surface area (Å²) < 4.78 is 11.5. The van der Waals surface area contributed by atoms with Crippen molar-refractivity contribution in [3.63, 3.8) is 0 Å². The van der Waals surface area contributed by atoms with Crippen molar-refractivity contribution in [3.05, 3.63) is 23.4 Å². The maximum Gasteiger partial charge on any atom is 0.173 e. The summed E-state index contributed by atoms with van der Waals surface area (Å²) in [4.78, 5) is 2.50. The van der Waals surface area contributed by atoms with Gasteiger partial charge in [-0.05, 0) is 84.3 Å². The fourth-order valence-corrected chi connectivity index (χ4v) is 4.15. The lowest BCUT2D eigenvalue weighted by Crippen LogP contribution is -2.41. The molecule has 0 radical (unpaired) electrons. The third-order valence-corrected chi connectivity index (χ3v) is 5.95. The Labute approximate surface area is 212 Å². The molecule has 2 aromatic rings. The number of rotatable bonds is 9. The van der Waals surface area contributed by atoms with Gasteiger partial charge in [-0.2, -0.15) is 0 Å². The molecule has 1 aromatic carbocycles. The lowest BCUT2D eigenvalue weighted by Gasteiger charge is -2.36. The summed E-state index contributed by atoms with van der Waals surface area (Å²) in [5, 5.41) is 17.7. The highest BCUT2D eigenvalue weighted by Gasteiger charge is 2.25. The van der Waals surface area contributed by atoms with Crippen LogP contribution in [0.25, 0.3) is 11.0 Å². The van der Waals surface area contributed by atoms with Crippen molar-refractivity contribution in [2.24, 2.45) is 11.3 Å². The minimum Gasteiger partial charge on any atom is -0.493 e. The van der Waals surface area contributed by atoms with Crippen molar-refractivity contribution in [3.8, 4) is 5.75 Å². The van der Waals surface area contributed by atoms with Gasteiger partial charge >= 0.3 is 0 Å². The first-order valence-corrected chi connectivity index (χ1v) is 11.8. The van der Waals surface area contributed by atoms with E-state index in [1.54, 1.807) is 0 Å². The first-order chi connectivity index (χ1) is 14.8. The van der Waals surface area contributed by atoms with Crippen molar-refractivity contribution in [2.75, 3.05) is 46.9 Å². The summed E-state index contributed by atoms with van der Waals surface area (Å²) in [6.07, 6.45) is 5.58. The van der Waals surface area contributed by atoms with Crippen LogP contribution in [0.5, 0.6) is 5.75 Å². The van der Waals surface area contributed by atoms with Gasteiger partial charge in [0, 0.05) is 29.5 Å². The monoisotopic (exact) mass is 505 g/mol. The van der Waals surface area contributed by atoms with Crippen LogP contribution in [0.1, 0.15) is 57.7 Å². The molecule has 1 aliphatic rings. The number of likely N-dealkylation sites (tertiary alicyclic amines) is 1. The smallest absolute Gasteiger partial charge is 0.173 e. The first-order valence-electron chi connectivity index (χ1n) is 11.8. The zero-order chi connectivity index (χ0) is 22.9. The molecule has 0 atom stereocenters. The van der Waals surface area contributed by atoms with Crippen molar-refractivity contribution in [1.29, 1.82) is 0 Å². The lowest BCUT2D eigenvalue weighted by atomic mass is 9.88. The molecular weight excluding hydrogens is 461 g/mol. The van der Waals surface area contributed by atoms with Crippen LogP contribution in [0.15, 0.2) is 16.7 Å². The van der Waals surface area contributed by atoms with Crippen LogP contribution in [-0.2, 0) is 6.42 Å². The number of ether oxygens (including phenoxy) is 1. The Morgan fingerprint density at radius 3 is 2.42 bits per heavy atom. The number of aliphatic hydroxyl groups excluding tert-OH is 1. The largest absolute Gasteiger partial charge is 0.493 e. The van der Waals surface area contributed by atoms with Crippen LogP contribution in [-0.4, -0.2) is 62.1 Å². The third kappa shape index (κ3) is 9.61. The van der Waals surface area contributed by atoms with Crippen LogP contribution >= 0.6 is 24.8 Å². The lowest BCUT2D eigenvalue weighted by molar-refractivity contribution is 0.0802. The maximum atomic E-state index is 9.48. The third-order valence-electron chi connectivity index (χ3n) is 5.95. The number of nitrogens with one attached hydrogen (secondary N) is 1. The van der Waals surface area contributed by atoms with E-state index in [9.17, 15) is 5.11 Å². The summed E-state index contributed by atoms with van der Waals surface area (Å²) in [5.74, 6) is 1.64. The Morgan fingerprint density at radius 1 is 1.21 bits per heavy atom. The number of benzene rings is 1. The number of nitrogens with zero attached hydrogens (tertiary/aromatic N) is 2. The Balaban J connectivity index is 0.00000194. The Morgan fingerprint density at radius 2 is 1.85 bits per heavy atom. The van der Waals surface area contributed by atoms with Gasteiger partial charge in [-0.15, -0.1) is 24.8 Å². The molecule has 0 saturated carbocycles. The van der Waals surface area contributed by atoms with Gasteiger partial charge in [0.2, 0.25) is 0 Å². The van der Waals surface area contributed by atoms with E-state index < -0.39 is 0 Å². The second kappa shape index (κ2) is 15.8. The zero-order valence-electron chi connectivity index (χ0n) is 21.3. The number of aromatic nitrogens is 1. The van der Waals surface area contributed by atoms with Crippen LogP contribution < -0.4 is 10.1 Å². The molecule has 0 amide bonds. The van der Waals surface area contributed by atoms with E-state index >= 15 is 0 Å². The zero-order valence-corrected chi connectivity index (χ0v) is 22.9. The van der Waals surface area contributed by atoms with Gasteiger partial charge in [-0.25, -0.2) is 0 Å². The number of fused-ring (bicyclic) bond motifs is 1. The molecule has 0 spiro atoms. The van der Waals surface area contributed by atoms with Crippen LogP contribution in [0.2, 0.25) is 0 Å². The first kappa shape index (κ1) is 31.9. The van der Waals surface area contributed by atoms with Gasteiger partial charge in [0.15, 0.2) is 5.58 Å². The maximum absolute atomic E-state index is 9.48. The summed E-state index contributed by atoms with van der Waals surface area (Å²) >= 11 is 0. The van der Waals surface area contributed by atoms with E-state index in [1.165, 1.54) is 12.8 Å². The molecule has 192 valence electrons. The van der Waals surface area contributed by atoms with Gasteiger partial charge in [0.05, 0.1) is 12.3 Å². The fourth-order valence-electron chi connectivity index (χ4n) is 4.15. The summed E-state index contributed by atoms with van der Waals surface area (Å²) in [7, 11) is 3.75. The molecule has 2 heterocycles. The number of halogens is 2. The number of hydrogen-bond donors (Lipinski definition) is 2. The molecule has 33 heavy (non-hydrogen) atoms. The summed E-state index contributed by atoms with van der Waals surface area (Å²) in [6, 6.07) is 4.15. The fraction of sp³-hybridized carbons (Fsp3) is 0.720. The average molecular weight is 507 g/mol.